The third kappa shape index (κ3) is 25.7. The monoisotopic (exact) mass is 1470 g/mol. The number of para-hydroxylation sites is 2. The second-order valence-electron chi connectivity index (χ2n) is 27.4. The van der Waals surface area contributed by atoms with Crippen LogP contribution in [0.1, 0.15) is 118 Å². The van der Waals surface area contributed by atoms with Gasteiger partial charge < -0.3 is 78.7 Å². The van der Waals surface area contributed by atoms with Gasteiger partial charge in [-0.05, 0) is 107 Å². The van der Waals surface area contributed by atoms with Crippen molar-refractivity contribution in [1.82, 2.24) is 78.4 Å². The number of Topliss-reactive ketones (excluding diaryl/α,β-unsaturated/α-hetero) is 3. The molecular formula is C71H104N16O14S2. The van der Waals surface area contributed by atoms with Gasteiger partial charge in [-0.2, -0.15) is 0 Å². The van der Waals surface area contributed by atoms with Crippen LogP contribution in [-0.2, 0) is 76.8 Å². The average Bonchev–Trinajstić information content (AvgIpc) is 1.73. The molecule has 564 valence electrons. The Morgan fingerprint density at radius 3 is 1.72 bits per heavy atom. The number of ketones is 3. The highest BCUT2D eigenvalue weighted by Gasteiger charge is 2.39. The molecule has 0 radical (unpaired) electrons. The Morgan fingerprint density at radius 2 is 1.17 bits per heavy atom. The summed E-state index contributed by atoms with van der Waals surface area (Å²) in [5.74, 6) is -10.5. The van der Waals surface area contributed by atoms with Crippen molar-refractivity contribution in [2.45, 2.75) is 199 Å². The van der Waals surface area contributed by atoms with Crippen LogP contribution in [0.25, 0.3) is 21.8 Å². The fourth-order valence-corrected chi connectivity index (χ4v) is 14.4. The fraction of sp³-hybridized carbons (Fsp3) is 0.563. The number of fused-ring (bicyclic) bond motifs is 2. The fourth-order valence-electron chi connectivity index (χ4n) is 12.2. The molecule has 0 aliphatic carbocycles. The standard InChI is InChI=1S/C71H104N16O14S2/c1-37(2)23-53-66(96)77-32-59(90)80-50(21-15-16-22-72)67(97)85-54(24-38(3)4)70(100)87-61(39(5)6)71(101)82-52(25-43-29-75-48-19-13-11-17-46(43)48)64(94)58(81-62(41(8)88)42(9)89)34-103-36-102-33-57(63(93)51(73-10)28-60(91)92)79-40(7)65(95)83-55(26-44-30-76-49-20-14-12-18-47(44)49)68(98)86-56(69(99)84-53)27-45-31-74-35-78-45/h11-14,17-20,29-31,35,37-41,50-58,61-62,73,75-76,79,81,88H,15-16,21-28,32-34,36,72H2,1-10H3,(H,74,78)(H,77,96)(H,80,90)(H,82,101)(H,83,95)(H,84,99)(H,85,97)(H,86,98)(H,87,100)(H,91,92)/t40-,41+,50-,51-,52-,53-,54-,55-,56-,57?,58?,61-,62-/m0/s1. The molecule has 1 saturated heterocycles. The number of hydrogen-bond donors (Lipinski definition) is 17. The maximum Gasteiger partial charge on any atom is 0.305 e. The SMILES string of the molecule is CN[C@@H](CC(=O)O)C(=O)C1CSCSCC(N[C@H](C(C)=O)[C@@H](C)O)C(=O)[C@H](Cc2c[nH]c3ccccc23)NC(=O)[C@H](C(C)C)NC(=O)[C@H](CC(C)C)NC(=O)[C@H](CCCCN)NC(=O)CNC(=O)[C@H](CC(C)C)NC(=O)[C@H](Cc2cnc[nH]2)NC(=O)[C@H](Cc2c[nH]c3ccccc23)NC(=O)[C@H](C)N1. The summed E-state index contributed by atoms with van der Waals surface area (Å²) in [6.45, 7) is 14.3. The summed E-state index contributed by atoms with van der Waals surface area (Å²) in [6.07, 6.45) is 4.86. The highest BCUT2D eigenvalue weighted by molar-refractivity contribution is 8.16. The van der Waals surface area contributed by atoms with E-state index in [0.717, 1.165) is 21.8 Å². The number of aliphatic carboxylic acids is 1. The van der Waals surface area contributed by atoms with Gasteiger partial charge in [-0.1, -0.05) is 77.9 Å². The number of amides is 8. The van der Waals surface area contributed by atoms with Crippen molar-refractivity contribution < 1.29 is 67.7 Å². The quantitative estimate of drug-likeness (QED) is 0.0384. The molecule has 1 aliphatic rings. The summed E-state index contributed by atoms with van der Waals surface area (Å²) in [5.41, 5.74) is 8.95. The average molecular weight is 1470 g/mol. The summed E-state index contributed by atoms with van der Waals surface area (Å²) >= 11 is 2.39. The number of carboxylic acid groups (broad SMARTS) is 1. The Kier molecular flexibility index (Phi) is 33.3. The minimum absolute atomic E-state index is 0.0537. The number of nitrogens with one attached hydrogen (secondary N) is 14. The highest BCUT2D eigenvalue weighted by Crippen LogP contribution is 2.24. The second kappa shape index (κ2) is 41.1. The Bertz CT molecular complexity index is 3690. The van der Waals surface area contributed by atoms with Gasteiger partial charge in [0.2, 0.25) is 47.3 Å². The molecule has 32 heteroatoms. The Balaban J connectivity index is 1.43. The van der Waals surface area contributed by atoms with Crippen LogP contribution < -0.4 is 64.2 Å². The maximum atomic E-state index is 15.5. The number of carboxylic acids is 1. The molecule has 1 fully saturated rings. The largest absolute Gasteiger partial charge is 0.481 e. The molecular weight excluding hydrogens is 1370 g/mol. The number of thioether (sulfide) groups is 2. The van der Waals surface area contributed by atoms with Crippen LogP contribution in [0, 0.1) is 17.8 Å². The van der Waals surface area contributed by atoms with Gasteiger partial charge in [-0.25, -0.2) is 4.98 Å². The number of aliphatic hydroxyl groups excluding tert-OH is 1. The molecule has 30 nitrogen and oxygen atoms in total. The van der Waals surface area contributed by atoms with E-state index in [4.69, 9.17) is 5.73 Å². The van der Waals surface area contributed by atoms with E-state index in [-0.39, 0.29) is 73.5 Å². The van der Waals surface area contributed by atoms with Crippen LogP contribution >= 0.6 is 23.5 Å². The molecule has 0 bridgehead atoms. The number of H-pyrrole nitrogens is 3. The van der Waals surface area contributed by atoms with E-state index in [1.54, 1.807) is 32.3 Å². The molecule has 103 heavy (non-hydrogen) atoms. The molecule has 8 amide bonds. The molecule has 2 aromatic carbocycles. The first-order chi connectivity index (χ1) is 49.0. The van der Waals surface area contributed by atoms with Gasteiger partial charge in [0.05, 0.1) is 61.6 Å². The lowest BCUT2D eigenvalue weighted by molar-refractivity contribution is -0.140. The molecule has 3 aromatic heterocycles. The van der Waals surface area contributed by atoms with Crippen molar-refractivity contribution in [3.05, 3.63) is 90.3 Å². The van der Waals surface area contributed by atoms with Crippen molar-refractivity contribution in [3.8, 4) is 0 Å². The molecule has 13 atom stereocenters. The van der Waals surface area contributed by atoms with E-state index >= 15 is 9.59 Å². The van der Waals surface area contributed by atoms with E-state index in [2.05, 4.69) is 78.4 Å². The van der Waals surface area contributed by atoms with Crippen molar-refractivity contribution in [3.63, 3.8) is 0 Å². The number of aromatic nitrogens is 4. The number of hydrogen-bond acceptors (Lipinski definition) is 20. The number of aliphatic hydroxyl groups is 1. The van der Waals surface area contributed by atoms with Gasteiger partial charge >= 0.3 is 5.97 Å². The zero-order valence-electron chi connectivity index (χ0n) is 60.2. The van der Waals surface area contributed by atoms with Gasteiger partial charge in [0.15, 0.2) is 11.6 Å². The number of aromatic amines is 3. The van der Waals surface area contributed by atoms with Crippen LogP contribution in [-0.4, -0.2) is 216 Å². The first-order valence-corrected chi connectivity index (χ1v) is 37.3. The summed E-state index contributed by atoms with van der Waals surface area (Å²) in [5, 5.41) is 53.6. The normalized spacial score (nSPS) is 23.9. The third-order valence-electron chi connectivity index (χ3n) is 17.7. The van der Waals surface area contributed by atoms with Gasteiger partial charge in [0, 0.05) is 81.9 Å². The van der Waals surface area contributed by atoms with E-state index in [1.165, 1.54) is 63.9 Å². The maximum absolute atomic E-state index is 15.5. The summed E-state index contributed by atoms with van der Waals surface area (Å²) in [7, 11) is 1.42. The number of nitrogens with zero attached hydrogens (tertiary/aromatic N) is 1. The molecule has 1 aliphatic heterocycles. The third-order valence-corrected chi connectivity index (χ3v) is 20.2. The number of benzene rings is 2. The minimum atomic E-state index is -1.43. The molecule has 18 N–H and O–H groups in total. The Hall–Kier alpha value is -8.53. The smallest absolute Gasteiger partial charge is 0.305 e. The zero-order chi connectivity index (χ0) is 75.6. The first kappa shape index (κ1) is 83.4. The van der Waals surface area contributed by atoms with Crippen LogP contribution in [0.15, 0.2) is 73.4 Å². The molecule has 4 heterocycles. The molecule has 6 rings (SSSR count). The number of unbranched alkanes of at least 4 members (excludes halogenated alkanes) is 1. The van der Waals surface area contributed by atoms with Crippen molar-refractivity contribution in [2.75, 3.05) is 36.7 Å². The van der Waals surface area contributed by atoms with Crippen molar-refractivity contribution in [2.24, 2.45) is 23.5 Å². The van der Waals surface area contributed by atoms with Crippen molar-refractivity contribution in [1.29, 1.82) is 0 Å². The van der Waals surface area contributed by atoms with Crippen molar-refractivity contribution >= 4 is 116 Å². The highest BCUT2D eigenvalue weighted by atomic mass is 32.2. The van der Waals surface area contributed by atoms with E-state index < -0.39 is 168 Å². The Labute approximate surface area is 608 Å². The van der Waals surface area contributed by atoms with E-state index in [1.807, 2.05) is 70.2 Å². The van der Waals surface area contributed by atoms with Crippen LogP contribution in [0.4, 0.5) is 0 Å². The van der Waals surface area contributed by atoms with Crippen LogP contribution in [0.2, 0.25) is 0 Å². The first-order valence-electron chi connectivity index (χ1n) is 35.0. The minimum Gasteiger partial charge on any atom is -0.481 e. The van der Waals surface area contributed by atoms with Gasteiger partial charge in [-0.3, -0.25) is 68.2 Å². The molecule has 0 spiro atoms. The molecule has 0 saturated carbocycles. The predicted molar refractivity (Wildman–Crippen MR) is 394 cm³/mol. The number of likely N-dealkylation sites (N-methyl/N-ethyl adjacent to an activating group) is 1. The second-order valence-corrected chi connectivity index (χ2v) is 29.8. The number of carbonyl (C=O) groups is 12. The number of imidazole rings is 1. The zero-order valence-corrected chi connectivity index (χ0v) is 61.8. The van der Waals surface area contributed by atoms with Gasteiger partial charge in [0.1, 0.15) is 42.0 Å². The lowest BCUT2D eigenvalue weighted by Crippen LogP contribution is -2.61. The molecule has 5 aromatic rings. The topological polar surface area (TPSA) is 464 Å². The summed E-state index contributed by atoms with van der Waals surface area (Å²) in [4.78, 5) is 186. The summed E-state index contributed by atoms with van der Waals surface area (Å²) < 4.78 is 0. The van der Waals surface area contributed by atoms with Crippen LogP contribution in [0.5, 0.6) is 0 Å². The Morgan fingerprint density at radius 1 is 0.641 bits per heavy atom. The van der Waals surface area contributed by atoms with Gasteiger partial charge in [-0.15, -0.1) is 23.5 Å². The lowest BCUT2D eigenvalue weighted by atomic mass is 9.95. The predicted octanol–water partition coefficient (Wildman–Crippen LogP) is 1.07. The lowest BCUT2D eigenvalue weighted by Gasteiger charge is -2.31. The molecule has 2 unspecified atom stereocenters. The number of nitrogens with two attached hydrogens (primary N) is 1. The van der Waals surface area contributed by atoms with E-state index in [9.17, 15) is 58.2 Å². The summed E-state index contributed by atoms with van der Waals surface area (Å²) in [6, 6.07) is -1.09. The van der Waals surface area contributed by atoms with E-state index in [0.29, 0.717) is 29.7 Å². The number of carbonyl (C=O) groups excluding carboxylic acids is 11. The number of rotatable bonds is 24. The van der Waals surface area contributed by atoms with Gasteiger partial charge in [0.25, 0.3) is 0 Å². The van der Waals surface area contributed by atoms with Crippen LogP contribution in [0.3, 0.4) is 0 Å².